The first-order valence-electron chi connectivity index (χ1n) is 1.96. The van der Waals surface area contributed by atoms with Crippen LogP contribution in [0.5, 0.6) is 0 Å². The second kappa shape index (κ2) is 2.86. The van der Waals surface area contributed by atoms with Gasteiger partial charge in [0.25, 0.3) is 0 Å². The number of rotatable bonds is 1. The van der Waals surface area contributed by atoms with Crippen LogP contribution in [0.3, 0.4) is 0 Å². The van der Waals surface area contributed by atoms with Gasteiger partial charge in [-0.1, -0.05) is 0 Å². The van der Waals surface area contributed by atoms with E-state index in [1.807, 2.05) is 0 Å². The molecule has 0 aromatic carbocycles. The minimum Gasteiger partial charge on any atom is -0.332 e. The molecule has 0 aliphatic heterocycles. The Bertz CT molecular complexity index is 74.1. The van der Waals surface area contributed by atoms with Crippen LogP contribution in [0.4, 0.5) is 0 Å². The van der Waals surface area contributed by atoms with E-state index in [1.54, 1.807) is 7.05 Å². The largest absolute Gasteiger partial charge is 0.332 e. The highest BCUT2D eigenvalue weighted by Crippen LogP contribution is 1.83. The molecule has 0 N–H and O–H groups in total. The van der Waals surface area contributed by atoms with E-state index in [0.29, 0.717) is 0 Å². The van der Waals surface area contributed by atoms with E-state index >= 15 is 0 Å². The Morgan fingerprint density at radius 3 is 2.29 bits per heavy atom. The Morgan fingerprint density at radius 1 is 1.86 bits per heavy atom. The molecule has 7 heavy (non-hydrogen) atoms. The summed E-state index contributed by atoms with van der Waals surface area (Å²) in [6, 6.07) is 0.273. The molecule has 0 radical (unpaired) electrons. The van der Waals surface area contributed by atoms with Crippen LogP contribution in [0, 0.1) is 0 Å². The molecule has 0 fully saturated rings. The Kier molecular flexibility index (Phi) is 2.76. The molecule has 1 amide bonds. The SMILES string of the molecule is CC(=O)N(C)CCl. The third-order valence-electron chi connectivity index (χ3n) is 0.717. The summed E-state index contributed by atoms with van der Waals surface area (Å²) in [7, 11) is 1.65. The van der Waals surface area contributed by atoms with Gasteiger partial charge in [-0.05, 0) is 0 Å². The van der Waals surface area contributed by atoms with Crippen LogP contribution in [0.15, 0.2) is 0 Å². The second-order valence-electron chi connectivity index (χ2n) is 1.34. The first kappa shape index (κ1) is 6.76. The number of alkyl halides is 1. The molecule has 0 heterocycles. The van der Waals surface area contributed by atoms with Crippen LogP contribution >= 0.6 is 11.6 Å². The van der Waals surface area contributed by atoms with Crippen molar-refractivity contribution in [3.8, 4) is 0 Å². The third kappa shape index (κ3) is 2.45. The highest BCUT2D eigenvalue weighted by molar-refractivity contribution is 6.18. The molecule has 0 unspecified atom stereocenters. The molecule has 0 spiro atoms. The van der Waals surface area contributed by atoms with Crippen molar-refractivity contribution in [3.63, 3.8) is 0 Å². The van der Waals surface area contributed by atoms with Gasteiger partial charge in [0.1, 0.15) is 0 Å². The van der Waals surface area contributed by atoms with E-state index in [4.69, 9.17) is 11.6 Å². The van der Waals surface area contributed by atoms with Gasteiger partial charge in [-0.25, -0.2) is 0 Å². The molecule has 0 aliphatic rings. The number of hydrogen-bond acceptors (Lipinski definition) is 1. The van der Waals surface area contributed by atoms with E-state index in [0.717, 1.165) is 0 Å². The molecule has 0 saturated carbocycles. The smallest absolute Gasteiger partial charge is 0.220 e. The topological polar surface area (TPSA) is 20.3 Å². The maximum atomic E-state index is 10.2. The van der Waals surface area contributed by atoms with Gasteiger partial charge >= 0.3 is 0 Å². The van der Waals surface area contributed by atoms with E-state index in [-0.39, 0.29) is 11.9 Å². The average Bonchev–Trinajstić information content (AvgIpc) is 1.65. The highest BCUT2D eigenvalue weighted by atomic mass is 35.5. The molecule has 0 rings (SSSR count). The molecule has 2 nitrogen and oxygen atoms in total. The lowest BCUT2D eigenvalue weighted by atomic mass is 10.6. The van der Waals surface area contributed by atoms with E-state index in [2.05, 4.69) is 0 Å². The molecule has 0 atom stereocenters. The summed E-state index contributed by atoms with van der Waals surface area (Å²) in [4.78, 5) is 11.6. The van der Waals surface area contributed by atoms with Gasteiger partial charge in [0, 0.05) is 14.0 Å². The summed E-state index contributed by atoms with van der Waals surface area (Å²) < 4.78 is 0. The first-order chi connectivity index (χ1) is 3.18. The molecular formula is C4H8ClNO. The predicted octanol–water partition coefficient (Wildman–Crippen LogP) is 0.661. The van der Waals surface area contributed by atoms with Crippen LogP contribution in [-0.4, -0.2) is 23.9 Å². The van der Waals surface area contributed by atoms with Gasteiger partial charge < -0.3 is 4.90 Å². The van der Waals surface area contributed by atoms with Gasteiger partial charge in [-0.15, -0.1) is 11.6 Å². The fraction of sp³-hybridized carbons (Fsp3) is 0.750. The van der Waals surface area contributed by atoms with Crippen molar-refractivity contribution in [1.82, 2.24) is 4.90 Å². The minimum absolute atomic E-state index is 0.00463. The zero-order valence-electron chi connectivity index (χ0n) is 4.44. The van der Waals surface area contributed by atoms with Crippen molar-refractivity contribution >= 4 is 17.5 Å². The minimum atomic E-state index is -0.00463. The summed E-state index contributed by atoms with van der Waals surface area (Å²) in [6.07, 6.45) is 0. The highest BCUT2D eigenvalue weighted by Gasteiger charge is 1.95. The molecule has 0 aromatic heterocycles. The van der Waals surface area contributed by atoms with E-state index in [9.17, 15) is 4.79 Å². The number of nitrogens with zero attached hydrogens (tertiary/aromatic N) is 1. The van der Waals surface area contributed by atoms with Crippen LogP contribution in [0.1, 0.15) is 6.92 Å². The lowest BCUT2D eigenvalue weighted by Gasteiger charge is -2.07. The maximum absolute atomic E-state index is 10.2. The molecule has 0 aromatic rings. The molecule has 42 valence electrons. The fourth-order valence-electron chi connectivity index (χ4n) is 0.0842. The Morgan fingerprint density at radius 2 is 2.29 bits per heavy atom. The number of carbonyl (C=O) groups excluding carboxylic acids is 1. The lowest BCUT2D eigenvalue weighted by molar-refractivity contribution is -0.126. The van der Waals surface area contributed by atoms with Gasteiger partial charge in [-0.3, -0.25) is 4.79 Å². The quantitative estimate of drug-likeness (QED) is 0.369. The van der Waals surface area contributed by atoms with Crippen molar-refractivity contribution in [1.29, 1.82) is 0 Å². The van der Waals surface area contributed by atoms with Crippen molar-refractivity contribution in [2.24, 2.45) is 0 Å². The van der Waals surface area contributed by atoms with Crippen molar-refractivity contribution in [2.45, 2.75) is 6.92 Å². The average molecular weight is 122 g/mol. The standard InChI is InChI=1S/C4H8ClNO/c1-4(7)6(2)3-5/h3H2,1-2H3. The number of carbonyl (C=O) groups is 1. The second-order valence-corrected chi connectivity index (χ2v) is 1.58. The van der Waals surface area contributed by atoms with Crippen LogP contribution in [0.2, 0.25) is 0 Å². The summed E-state index contributed by atoms with van der Waals surface area (Å²) in [5.41, 5.74) is 0. The summed E-state index contributed by atoms with van der Waals surface area (Å²) in [5, 5.41) is 0. The summed E-state index contributed by atoms with van der Waals surface area (Å²) in [6.45, 7) is 1.47. The fourth-order valence-corrected chi connectivity index (χ4v) is 0.252. The van der Waals surface area contributed by atoms with Gasteiger partial charge in [-0.2, -0.15) is 0 Å². The van der Waals surface area contributed by atoms with Crippen LogP contribution in [0.25, 0.3) is 0 Å². The number of hydrogen-bond donors (Lipinski definition) is 0. The summed E-state index contributed by atoms with van der Waals surface area (Å²) in [5.74, 6) is -0.00463. The van der Waals surface area contributed by atoms with Crippen molar-refractivity contribution in [3.05, 3.63) is 0 Å². The normalized spacial score (nSPS) is 8.43. The Hall–Kier alpha value is -0.240. The van der Waals surface area contributed by atoms with Gasteiger partial charge in [0.05, 0.1) is 6.00 Å². The van der Waals surface area contributed by atoms with Crippen molar-refractivity contribution < 1.29 is 4.79 Å². The van der Waals surface area contributed by atoms with Crippen LogP contribution in [-0.2, 0) is 4.79 Å². The summed E-state index contributed by atoms with van der Waals surface area (Å²) >= 11 is 5.25. The molecule has 0 bridgehead atoms. The molecule has 0 aliphatic carbocycles. The zero-order chi connectivity index (χ0) is 5.86. The lowest BCUT2D eigenvalue weighted by Crippen LogP contribution is -2.21. The zero-order valence-corrected chi connectivity index (χ0v) is 5.20. The van der Waals surface area contributed by atoms with Gasteiger partial charge in [0.2, 0.25) is 5.91 Å². The number of amides is 1. The first-order valence-corrected chi connectivity index (χ1v) is 2.49. The Labute approximate surface area is 48.1 Å². The van der Waals surface area contributed by atoms with E-state index in [1.165, 1.54) is 11.8 Å². The third-order valence-corrected chi connectivity index (χ3v) is 1.08. The maximum Gasteiger partial charge on any atom is 0.220 e. The molecule has 3 heteroatoms. The molecular weight excluding hydrogens is 114 g/mol. The van der Waals surface area contributed by atoms with E-state index < -0.39 is 0 Å². The van der Waals surface area contributed by atoms with Crippen molar-refractivity contribution in [2.75, 3.05) is 13.1 Å². The number of halogens is 1. The monoisotopic (exact) mass is 121 g/mol. The van der Waals surface area contributed by atoms with Gasteiger partial charge in [0.15, 0.2) is 0 Å². The Balaban J connectivity index is 3.34. The van der Waals surface area contributed by atoms with Crippen LogP contribution < -0.4 is 0 Å². The molecule has 0 saturated heterocycles. The predicted molar refractivity (Wildman–Crippen MR) is 29.2 cm³/mol.